The Morgan fingerprint density at radius 1 is 0.367 bits per heavy atom. The van der Waals surface area contributed by atoms with Gasteiger partial charge in [0.1, 0.15) is 68.4 Å². The Bertz CT molecular complexity index is 5280. The van der Waals surface area contributed by atoms with Gasteiger partial charge in [0, 0.05) is 50.9 Å². The third-order valence-electron chi connectivity index (χ3n) is 22.5. The first kappa shape index (κ1) is 60.8. The minimum atomic E-state index is -0.187. The van der Waals surface area contributed by atoms with Crippen LogP contribution < -0.4 is 22.2 Å². The molecule has 0 spiro atoms. The molecule has 12 aromatic heterocycles. The first-order valence-corrected chi connectivity index (χ1v) is 35.5. The minimum absolute atomic E-state index is 0.157. The number of H-pyrrole nitrogens is 8. The van der Waals surface area contributed by atoms with Crippen LogP contribution >= 0.6 is 0 Å². The number of aryl methyl sites for hydroxylation is 8. The van der Waals surface area contributed by atoms with Crippen molar-refractivity contribution in [3.63, 3.8) is 0 Å². The molecule has 3 unspecified atom stereocenters. The highest BCUT2D eigenvalue weighted by atomic mass is 16.4. The van der Waals surface area contributed by atoms with Crippen molar-refractivity contribution in [1.29, 1.82) is 0 Å². The van der Waals surface area contributed by atoms with Crippen LogP contribution in [0.2, 0.25) is 0 Å². The van der Waals surface area contributed by atoms with Crippen molar-refractivity contribution >= 4 is 44.4 Å². The van der Waals surface area contributed by atoms with Gasteiger partial charge < -0.3 is 37.6 Å². The number of furan rings is 4. The van der Waals surface area contributed by atoms with Crippen molar-refractivity contribution < 1.29 is 17.7 Å². The van der Waals surface area contributed by atoms with Crippen LogP contribution in [-0.2, 0) is 51.4 Å². The zero-order valence-electron chi connectivity index (χ0n) is 55.2. The summed E-state index contributed by atoms with van der Waals surface area (Å²) in [5.41, 5.74) is 16.0. The summed E-state index contributed by atoms with van der Waals surface area (Å²) in [5, 5.41) is 28.7. The zero-order valence-corrected chi connectivity index (χ0v) is 55.2. The van der Waals surface area contributed by atoms with Gasteiger partial charge in [-0.25, -0.2) is 19.9 Å². The molecule has 0 aromatic carbocycles. The summed E-state index contributed by atoms with van der Waals surface area (Å²) in [7, 11) is 4.18. The number of hydrogen-bond acceptors (Lipinski definition) is 19. The zero-order chi connectivity index (χ0) is 65.9. The van der Waals surface area contributed by atoms with E-state index in [0.717, 1.165) is 283 Å². The third kappa shape index (κ3) is 10.5. The van der Waals surface area contributed by atoms with Gasteiger partial charge in [-0.15, -0.1) is 0 Å². The number of rotatable bonds is 4. The molecule has 0 radical (unpaired) electrons. The highest BCUT2D eigenvalue weighted by molar-refractivity contribution is 5.88. The Morgan fingerprint density at radius 2 is 0.704 bits per heavy atom. The lowest BCUT2D eigenvalue weighted by Crippen LogP contribution is -2.44. The molecule has 22 rings (SSSR count). The molecule has 27 nitrogen and oxygen atoms in total. The Hall–Kier alpha value is -9.60. The van der Waals surface area contributed by atoms with E-state index >= 15 is 0 Å². The third-order valence-corrected chi connectivity index (χ3v) is 22.5. The van der Waals surface area contributed by atoms with Crippen LogP contribution in [0.3, 0.4) is 0 Å². The van der Waals surface area contributed by atoms with Crippen molar-refractivity contribution in [3.05, 3.63) is 135 Å². The molecule has 1 saturated carbocycles. The number of nitrogens with zero attached hydrogens (tertiary/aromatic N) is 11. The molecule has 10 aliphatic rings. The first-order valence-electron chi connectivity index (χ1n) is 35.5. The van der Waals surface area contributed by atoms with Crippen LogP contribution in [0.5, 0.6) is 0 Å². The SMILES string of the molecule is CN1CCCC1c1nc2c3c(oc2c(=O)[nH]1)-c1cn[nH]c1CCC3.CN1CCCCC1c1nc2c3c(oc2c(=O)[nH]1)-c1cn[nH]c1CCC3.O=c1[nH]c(C2CC3CCN2CC3)nc2c3c(oc12)-c1cn[nH]c1CCC3.O=c1[nH]c(C2CCCC2)nc2c3c(oc12)-c1cn[nH]c1CCC3. The van der Waals surface area contributed by atoms with Gasteiger partial charge >= 0.3 is 0 Å². The van der Waals surface area contributed by atoms with Crippen molar-refractivity contribution in [1.82, 2.24) is 95.4 Å². The standard InChI is InChI=1S/C19H21N5O2.C18H21N5O2.C17H19N5O2.C17H18N4O2/c25-19-17-15(11-2-1-3-13-12(9-20-23-13)16(11)26-17)21-18(22-19)14-8-10-4-6-24(14)7-5-10;1-23-8-3-2-7-13(23)17-20-14-10-5-4-6-12-11(9-19-22-12)15(10)25-16(14)18(24)21-17;1-22-7-3-6-12(22)16-19-13-9-4-2-5-11-10(8-18-21-11)14(9)24-15(13)17(23)20-16;22-17-15-13(19-16(20-17)9-4-1-2-5-9)10-6-3-7-12-11(8-18-21-12)14(10)23-15/h9-10,14H,1-8H2,(H,20,23)(H,21,22,25);9,13H,2-8H2,1H3,(H,19,22)(H,20,21,24);8,12H,2-7H2,1H3,(H,18,21)(H,19,20,23);8-9H,1-7H2,(H,18,21)(H,19,20,22). The molecule has 5 aliphatic carbocycles. The summed E-state index contributed by atoms with van der Waals surface area (Å²) in [5.74, 6) is 7.35. The van der Waals surface area contributed by atoms with Crippen LogP contribution in [0.1, 0.15) is 195 Å². The van der Waals surface area contributed by atoms with Gasteiger partial charge in [0.25, 0.3) is 22.2 Å². The van der Waals surface area contributed by atoms with Crippen molar-refractivity contribution in [2.24, 2.45) is 5.92 Å². The van der Waals surface area contributed by atoms with E-state index in [9.17, 15) is 19.2 Å². The second-order valence-corrected chi connectivity index (χ2v) is 28.5. The number of likely N-dealkylation sites (tertiary alicyclic amines) is 2. The van der Waals surface area contributed by atoms with E-state index < -0.39 is 0 Å². The van der Waals surface area contributed by atoms with Gasteiger partial charge in [0.2, 0.25) is 22.3 Å². The van der Waals surface area contributed by atoms with Gasteiger partial charge in [-0.3, -0.25) is 54.3 Å². The van der Waals surface area contributed by atoms with E-state index in [0.29, 0.717) is 28.2 Å². The summed E-state index contributed by atoms with van der Waals surface area (Å²) in [6.07, 6.45) is 32.2. The maximum Gasteiger partial charge on any atom is 0.294 e. The number of aromatic nitrogens is 16. The Morgan fingerprint density at radius 3 is 1.06 bits per heavy atom. The number of piperidine rings is 4. The summed E-state index contributed by atoms with van der Waals surface area (Å²) < 4.78 is 23.9. The Kier molecular flexibility index (Phi) is 15.3. The largest absolute Gasteiger partial charge is 0.448 e. The van der Waals surface area contributed by atoms with Crippen molar-refractivity contribution in [3.8, 4) is 45.3 Å². The minimum Gasteiger partial charge on any atom is -0.448 e. The maximum atomic E-state index is 12.8. The monoisotopic (exact) mass is 1330 g/mol. The quantitative estimate of drug-likeness (QED) is 0.0811. The topological polar surface area (TPSA) is 360 Å². The van der Waals surface area contributed by atoms with Gasteiger partial charge in [-0.2, -0.15) is 20.4 Å². The molecule has 6 fully saturated rings. The van der Waals surface area contributed by atoms with Gasteiger partial charge in [-0.05, 0) is 181 Å². The smallest absolute Gasteiger partial charge is 0.294 e. The summed E-state index contributed by atoms with van der Waals surface area (Å²) in [4.78, 5) is 88.8. The predicted octanol–water partition coefficient (Wildman–Crippen LogP) is 10.3. The molecule has 8 N–H and O–H groups in total. The molecular formula is C71H79N19O8. The summed E-state index contributed by atoms with van der Waals surface area (Å²) in [6, 6.07) is 0.593. The number of hydrogen-bond donors (Lipinski definition) is 8. The summed E-state index contributed by atoms with van der Waals surface area (Å²) in [6.45, 7) is 4.29. The lowest BCUT2D eigenvalue weighted by atomic mass is 9.83. The Balaban J connectivity index is 0.0000000948. The van der Waals surface area contributed by atoms with Crippen LogP contribution in [0.25, 0.3) is 89.7 Å². The number of aromatic amines is 8. The molecule has 27 heteroatoms. The number of nitrogens with one attached hydrogen (secondary N) is 8. The van der Waals surface area contributed by atoms with E-state index in [2.05, 4.69) is 89.5 Å². The summed E-state index contributed by atoms with van der Waals surface area (Å²) >= 11 is 0. The first-order chi connectivity index (χ1) is 48.0. The van der Waals surface area contributed by atoms with Gasteiger partial charge in [-0.1, -0.05) is 19.3 Å². The fourth-order valence-electron chi connectivity index (χ4n) is 17.4. The molecule has 0 amide bonds. The molecule has 506 valence electrons. The van der Waals surface area contributed by atoms with E-state index in [1.165, 1.54) is 38.5 Å². The second-order valence-electron chi connectivity index (χ2n) is 28.5. The van der Waals surface area contributed by atoms with Crippen molar-refractivity contribution in [2.45, 2.75) is 178 Å². The van der Waals surface area contributed by atoms with E-state index in [1.807, 2.05) is 0 Å². The Labute approximate surface area is 559 Å². The molecule has 17 heterocycles. The van der Waals surface area contributed by atoms with E-state index in [4.69, 9.17) is 37.6 Å². The van der Waals surface area contributed by atoms with E-state index in [1.54, 1.807) is 24.8 Å². The average molecular weight is 1330 g/mol. The van der Waals surface area contributed by atoms with Crippen LogP contribution in [-0.4, -0.2) is 136 Å². The van der Waals surface area contributed by atoms with Crippen LogP contribution in [0.4, 0.5) is 0 Å². The molecule has 5 saturated heterocycles. The van der Waals surface area contributed by atoms with Gasteiger partial charge in [0.05, 0.1) is 65.2 Å². The number of fused-ring (bicyclic) bond motifs is 23. The maximum absolute atomic E-state index is 12.8. The molecule has 12 aromatic rings. The van der Waals surface area contributed by atoms with Crippen LogP contribution in [0, 0.1) is 5.92 Å². The lowest BCUT2D eigenvalue weighted by molar-refractivity contribution is 0.0445. The normalized spacial score (nSPS) is 22.0. The average Bonchev–Trinajstić information content (AvgIpc) is 1.62. The molecule has 3 atom stereocenters. The highest BCUT2D eigenvalue weighted by Gasteiger charge is 2.38. The molecular weight excluding hydrogens is 1250 g/mol. The van der Waals surface area contributed by atoms with Gasteiger partial charge in [0.15, 0.2) is 0 Å². The van der Waals surface area contributed by atoms with Crippen molar-refractivity contribution in [2.75, 3.05) is 40.3 Å². The molecule has 5 aliphatic heterocycles. The predicted molar refractivity (Wildman–Crippen MR) is 364 cm³/mol. The van der Waals surface area contributed by atoms with E-state index in [-0.39, 0.29) is 40.4 Å². The second kappa shape index (κ2) is 24.7. The highest BCUT2D eigenvalue weighted by Crippen LogP contribution is 2.44. The fraction of sp³-hybridized carbons (Fsp3) is 0.493. The lowest BCUT2D eigenvalue weighted by Gasteiger charge is -2.44. The van der Waals surface area contributed by atoms with Crippen LogP contribution in [0.15, 0.2) is 61.6 Å². The molecule has 2 bridgehead atoms. The fourth-order valence-corrected chi connectivity index (χ4v) is 17.4. The molecule has 98 heavy (non-hydrogen) atoms.